The first-order valence-electron chi connectivity index (χ1n) is 7.11. The SMILES string of the molecule is Cc1cc2ncn(C[C@@H](O)CSc3nncn3C)c2cc1C. The summed E-state index contributed by atoms with van der Waals surface area (Å²) < 4.78 is 3.85. The maximum Gasteiger partial charge on any atom is 0.190 e. The van der Waals surface area contributed by atoms with Crippen molar-refractivity contribution in [3.8, 4) is 0 Å². The molecule has 116 valence electrons. The number of aryl methyl sites for hydroxylation is 3. The summed E-state index contributed by atoms with van der Waals surface area (Å²) in [5.41, 5.74) is 4.50. The van der Waals surface area contributed by atoms with E-state index in [0.717, 1.165) is 16.2 Å². The molecule has 22 heavy (non-hydrogen) atoms. The Bertz CT molecular complexity index is 794. The molecule has 7 heteroatoms. The molecule has 6 nitrogen and oxygen atoms in total. The van der Waals surface area contributed by atoms with E-state index in [9.17, 15) is 5.11 Å². The molecule has 0 unspecified atom stereocenters. The molecular formula is C15H19N5OS. The molecule has 0 fully saturated rings. The number of aromatic nitrogens is 5. The van der Waals surface area contributed by atoms with E-state index in [-0.39, 0.29) is 0 Å². The number of benzene rings is 1. The summed E-state index contributed by atoms with van der Waals surface area (Å²) in [6, 6.07) is 4.21. The third kappa shape index (κ3) is 3.00. The van der Waals surface area contributed by atoms with E-state index in [1.165, 1.54) is 22.9 Å². The van der Waals surface area contributed by atoms with Crippen molar-refractivity contribution in [2.24, 2.45) is 7.05 Å². The monoisotopic (exact) mass is 317 g/mol. The maximum atomic E-state index is 10.3. The highest BCUT2D eigenvalue weighted by atomic mass is 32.2. The van der Waals surface area contributed by atoms with Gasteiger partial charge in [-0.2, -0.15) is 0 Å². The Morgan fingerprint density at radius 2 is 2.00 bits per heavy atom. The lowest BCUT2D eigenvalue weighted by Gasteiger charge is -2.12. The zero-order chi connectivity index (χ0) is 15.7. The maximum absolute atomic E-state index is 10.3. The van der Waals surface area contributed by atoms with Crippen LogP contribution in [0.5, 0.6) is 0 Å². The number of aliphatic hydroxyl groups is 1. The molecule has 0 bridgehead atoms. The first-order chi connectivity index (χ1) is 10.5. The van der Waals surface area contributed by atoms with Gasteiger partial charge in [-0.05, 0) is 37.1 Å². The van der Waals surface area contributed by atoms with Crippen LogP contribution in [0.25, 0.3) is 11.0 Å². The van der Waals surface area contributed by atoms with Gasteiger partial charge < -0.3 is 14.2 Å². The van der Waals surface area contributed by atoms with Gasteiger partial charge in [-0.1, -0.05) is 11.8 Å². The lowest BCUT2D eigenvalue weighted by atomic mass is 10.1. The molecule has 1 N–H and O–H groups in total. The lowest BCUT2D eigenvalue weighted by Crippen LogP contribution is -2.18. The van der Waals surface area contributed by atoms with Gasteiger partial charge in [0.15, 0.2) is 5.16 Å². The number of thioether (sulfide) groups is 1. The number of hydrogen-bond donors (Lipinski definition) is 1. The van der Waals surface area contributed by atoms with Gasteiger partial charge in [0.1, 0.15) is 6.33 Å². The van der Waals surface area contributed by atoms with E-state index in [2.05, 4.69) is 41.2 Å². The predicted octanol–water partition coefficient (Wildman–Crippen LogP) is 1.93. The molecule has 1 aromatic carbocycles. The molecule has 1 atom stereocenters. The van der Waals surface area contributed by atoms with Crippen molar-refractivity contribution < 1.29 is 5.11 Å². The van der Waals surface area contributed by atoms with Crippen LogP contribution in [-0.4, -0.2) is 41.3 Å². The summed E-state index contributed by atoms with van der Waals surface area (Å²) >= 11 is 1.50. The standard InChI is InChI=1S/C15H19N5OS/c1-10-4-13-14(5-11(10)2)20(8-16-13)6-12(21)7-22-15-18-17-9-19(15)3/h4-5,8-9,12,21H,6-7H2,1-3H3/t12-/m1/s1. The van der Waals surface area contributed by atoms with Crippen molar-refractivity contribution in [2.75, 3.05) is 5.75 Å². The fourth-order valence-corrected chi connectivity index (χ4v) is 3.12. The third-order valence-electron chi connectivity index (χ3n) is 3.72. The Kier molecular flexibility index (Phi) is 4.17. The summed E-state index contributed by atoms with van der Waals surface area (Å²) in [5.74, 6) is 0.567. The Labute approximate surface area is 133 Å². The largest absolute Gasteiger partial charge is 0.390 e. The van der Waals surface area contributed by atoms with Crippen LogP contribution in [0.2, 0.25) is 0 Å². The Hall–Kier alpha value is -1.86. The smallest absolute Gasteiger partial charge is 0.190 e. The molecule has 2 heterocycles. The highest BCUT2D eigenvalue weighted by Gasteiger charge is 2.12. The summed E-state index contributed by atoms with van der Waals surface area (Å²) in [6.45, 7) is 4.69. The zero-order valence-electron chi connectivity index (χ0n) is 12.9. The van der Waals surface area contributed by atoms with E-state index >= 15 is 0 Å². The predicted molar refractivity (Wildman–Crippen MR) is 86.9 cm³/mol. The van der Waals surface area contributed by atoms with Crippen LogP contribution in [0.3, 0.4) is 0 Å². The molecule has 2 aromatic heterocycles. The van der Waals surface area contributed by atoms with E-state index in [1.54, 1.807) is 12.7 Å². The number of aliphatic hydroxyl groups excluding tert-OH is 1. The highest BCUT2D eigenvalue weighted by Crippen LogP contribution is 2.20. The van der Waals surface area contributed by atoms with Crippen LogP contribution >= 0.6 is 11.8 Å². The van der Waals surface area contributed by atoms with E-state index < -0.39 is 6.10 Å². The Morgan fingerprint density at radius 3 is 2.73 bits per heavy atom. The second kappa shape index (κ2) is 6.10. The van der Waals surface area contributed by atoms with Gasteiger partial charge >= 0.3 is 0 Å². The number of nitrogens with zero attached hydrogens (tertiary/aromatic N) is 5. The van der Waals surface area contributed by atoms with Crippen molar-refractivity contribution in [2.45, 2.75) is 31.7 Å². The van der Waals surface area contributed by atoms with Gasteiger partial charge in [0.2, 0.25) is 0 Å². The first kappa shape index (κ1) is 15.1. The van der Waals surface area contributed by atoms with Crippen LogP contribution in [0.1, 0.15) is 11.1 Å². The summed E-state index contributed by atoms with van der Waals surface area (Å²) in [4.78, 5) is 4.42. The molecule has 3 rings (SSSR count). The third-order valence-corrected chi connectivity index (χ3v) is 4.90. The number of rotatable bonds is 5. The van der Waals surface area contributed by atoms with Crippen LogP contribution in [0.4, 0.5) is 0 Å². The quantitative estimate of drug-likeness (QED) is 0.728. The van der Waals surface area contributed by atoms with Crippen LogP contribution < -0.4 is 0 Å². The highest BCUT2D eigenvalue weighted by molar-refractivity contribution is 7.99. The second-order valence-corrected chi connectivity index (χ2v) is 6.50. The number of imidazole rings is 1. The molecule has 0 saturated heterocycles. The lowest BCUT2D eigenvalue weighted by molar-refractivity contribution is 0.179. The average molecular weight is 317 g/mol. The molecule has 0 radical (unpaired) electrons. The summed E-state index contributed by atoms with van der Waals surface area (Å²) in [7, 11) is 1.89. The first-order valence-corrected chi connectivity index (χ1v) is 8.10. The number of fused-ring (bicyclic) bond motifs is 1. The van der Waals surface area contributed by atoms with Crippen LogP contribution in [0.15, 0.2) is 29.9 Å². The minimum Gasteiger partial charge on any atom is -0.390 e. The Balaban J connectivity index is 1.70. The second-order valence-electron chi connectivity index (χ2n) is 5.51. The van der Waals surface area contributed by atoms with E-state index in [4.69, 9.17) is 0 Å². The zero-order valence-corrected chi connectivity index (χ0v) is 13.7. The van der Waals surface area contributed by atoms with Crippen molar-refractivity contribution in [3.05, 3.63) is 35.9 Å². The fraction of sp³-hybridized carbons (Fsp3) is 0.400. The van der Waals surface area contributed by atoms with Crippen molar-refractivity contribution in [1.82, 2.24) is 24.3 Å². The molecular weight excluding hydrogens is 298 g/mol. The van der Waals surface area contributed by atoms with Crippen molar-refractivity contribution in [3.63, 3.8) is 0 Å². The number of hydrogen-bond acceptors (Lipinski definition) is 5. The van der Waals surface area contributed by atoms with Crippen molar-refractivity contribution >= 4 is 22.8 Å². The molecule has 0 spiro atoms. The Morgan fingerprint density at radius 1 is 1.23 bits per heavy atom. The molecule has 0 aliphatic carbocycles. The van der Waals surface area contributed by atoms with Crippen LogP contribution in [0, 0.1) is 13.8 Å². The summed E-state index contributed by atoms with van der Waals surface area (Å²) in [5, 5.41) is 18.9. The van der Waals surface area contributed by atoms with Gasteiger partial charge in [0.05, 0.1) is 30.0 Å². The normalized spacial score (nSPS) is 12.9. The minimum absolute atomic E-state index is 0.472. The molecule has 0 aliphatic heterocycles. The van der Waals surface area contributed by atoms with E-state index in [0.29, 0.717) is 12.3 Å². The van der Waals surface area contributed by atoms with Crippen molar-refractivity contribution in [1.29, 1.82) is 0 Å². The van der Waals surface area contributed by atoms with Gasteiger partial charge in [0, 0.05) is 12.8 Å². The minimum atomic E-state index is -0.472. The van der Waals surface area contributed by atoms with Gasteiger partial charge in [0.25, 0.3) is 0 Å². The molecule has 0 aliphatic rings. The molecule has 0 amide bonds. The van der Waals surface area contributed by atoms with Gasteiger partial charge in [-0.25, -0.2) is 4.98 Å². The molecule has 3 aromatic rings. The topological polar surface area (TPSA) is 68.8 Å². The molecule has 0 saturated carbocycles. The van der Waals surface area contributed by atoms with Gasteiger partial charge in [-0.3, -0.25) is 0 Å². The van der Waals surface area contributed by atoms with Crippen LogP contribution in [-0.2, 0) is 13.6 Å². The fourth-order valence-electron chi connectivity index (χ4n) is 2.31. The van der Waals surface area contributed by atoms with E-state index in [1.807, 2.05) is 16.2 Å². The summed E-state index contributed by atoms with van der Waals surface area (Å²) in [6.07, 6.45) is 2.98. The average Bonchev–Trinajstić information content (AvgIpc) is 3.05. The van der Waals surface area contributed by atoms with Gasteiger partial charge in [-0.15, -0.1) is 10.2 Å².